The Balaban J connectivity index is 2.08. The molecule has 2 aromatic rings. The van der Waals surface area contributed by atoms with E-state index in [1.54, 1.807) is 58.2 Å². The lowest BCUT2D eigenvalue weighted by Crippen LogP contribution is -2.62. The highest BCUT2D eigenvalue weighted by Crippen LogP contribution is 2.46. The summed E-state index contributed by atoms with van der Waals surface area (Å²) in [7, 11) is 1.63. The molecule has 0 radical (unpaired) electrons. The normalized spacial score (nSPS) is 22.7. The minimum atomic E-state index is -1.68. The molecule has 7 heteroatoms. The van der Waals surface area contributed by atoms with E-state index in [4.69, 9.17) is 4.74 Å². The van der Waals surface area contributed by atoms with Crippen LogP contribution in [0.1, 0.15) is 31.2 Å². The van der Waals surface area contributed by atoms with Crippen molar-refractivity contribution < 1.29 is 19.4 Å². The molecule has 2 atom stereocenters. The molecule has 0 saturated carbocycles. The Morgan fingerprint density at radius 1 is 1.27 bits per heavy atom. The van der Waals surface area contributed by atoms with Gasteiger partial charge in [-0.1, -0.05) is 30.3 Å². The van der Waals surface area contributed by atoms with Gasteiger partial charge in [0.05, 0.1) is 10.6 Å². The van der Waals surface area contributed by atoms with Crippen LogP contribution in [0.2, 0.25) is 0 Å². The second-order valence-corrected chi connectivity index (χ2v) is 8.16. The molecule has 0 fully saturated rings. The minimum Gasteiger partial charge on any atom is -0.444 e. The van der Waals surface area contributed by atoms with Crippen LogP contribution >= 0.6 is 11.3 Å². The Kier molecular flexibility index (Phi) is 4.54. The summed E-state index contributed by atoms with van der Waals surface area (Å²) in [6.07, 6.45) is -0.751. The Bertz CT molecular complexity index is 828. The van der Waals surface area contributed by atoms with E-state index >= 15 is 0 Å². The maximum Gasteiger partial charge on any atom is 0.408 e. The van der Waals surface area contributed by atoms with Gasteiger partial charge in [-0.2, -0.15) is 0 Å². The maximum atomic E-state index is 13.0. The molecule has 1 aliphatic heterocycles. The number of thiophene rings is 1. The third-order valence-corrected chi connectivity index (χ3v) is 5.25. The van der Waals surface area contributed by atoms with Gasteiger partial charge in [-0.25, -0.2) is 4.79 Å². The first-order valence-electron chi connectivity index (χ1n) is 8.27. The highest BCUT2D eigenvalue weighted by Gasteiger charge is 2.53. The number of aliphatic hydroxyl groups is 1. The summed E-state index contributed by atoms with van der Waals surface area (Å²) in [5, 5.41) is 16.1. The fraction of sp³-hybridized carbons (Fsp3) is 0.368. The molecule has 26 heavy (non-hydrogen) atoms. The van der Waals surface area contributed by atoms with E-state index in [9.17, 15) is 14.7 Å². The lowest BCUT2D eigenvalue weighted by atomic mass is 9.81. The van der Waals surface area contributed by atoms with Crippen LogP contribution in [0, 0.1) is 0 Å². The van der Waals surface area contributed by atoms with Gasteiger partial charge in [0.2, 0.25) is 0 Å². The lowest BCUT2D eigenvalue weighted by molar-refractivity contribution is -0.127. The highest BCUT2D eigenvalue weighted by atomic mass is 32.1. The molecule has 0 spiro atoms. The molecule has 138 valence electrons. The quantitative estimate of drug-likeness (QED) is 0.847. The van der Waals surface area contributed by atoms with Crippen LogP contribution in [0.3, 0.4) is 0 Å². The van der Waals surface area contributed by atoms with Gasteiger partial charge in [0.15, 0.2) is 5.60 Å². The Morgan fingerprint density at radius 2 is 1.92 bits per heavy atom. The van der Waals surface area contributed by atoms with Gasteiger partial charge in [-0.15, -0.1) is 11.3 Å². The number of ether oxygens (including phenoxy) is 1. The number of hydrogen-bond donors (Lipinski definition) is 2. The SMILES string of the molecule is CN1C(=O)C(NC(=O)OC(C)(C)C)C(O)(c2ccccc2)c2sccc21. The van der Waals surface area contributed by atoms with Gasteiger partial charge in [0.1, 0.15) is 11.6 Å². The van der Waals surface area contributed by atoms with Crippen LogP contribution < -0.4 is 10.2 Å². The molecule has 0 saturated heterocycles. The zero-order valence-corrected chi connectivity index (χ0v) is 16.0. The predicted molar refractivity (Wildman–Crippen MR) is 100 cm³/mol. The van der Waals surface area contributed by atoms with Crippen LogP contribution in [0.15, 0.2) is 41.8 Å². The van der Waals surface area contributed by atoms with Gasteiger partial charge in [0.25, 0.3) is 5.91 Å². The number of alkyl carbamates (subject to hydrolysis) is 1. The van der Waals surface area contributed by atoms with Gasteiger partial charge >= 0.3 is 6.09 Å². The van der Waals surface area contributed by atoms with Crippen LogP contribution in [0.5, 0.6) is 0 Å². The van der Waals surface area contributed by atoms with Crippen molar-refractivity contribution in [2.24, 2.45) is 0 Å². The Labute approximate surface area is 156 Å². The van der Waals surface area contributed by atoms with E-state index in [-0.39, 0.29) is 0 Å². The van der Waals surface area contributed by atoms with Gasteiger partial charge in [0, 0.05) is 7.05 Å². The topological polar surface area (TPSA) is 78.9 Å². The second kappa shape index (κ2) is 6.41. The van der Waals surface area contributed by atoms with E-state index in [2.05, 4.69) is 5.32 Å². The summed E-state index contributed by atoms with van der Waals surface area (Å²) in [6.45, 7) is 5.21. The molecule has 3 rings (SSSR count). The number of likely N-dealkylation sites (N-methyl/N-ethyl adjacent to an activating group) is 1. The molecular formula is C19H22N2O4S. The lowest BCUT2D eigenvalue weighted by Gasteiger charge is -2.42. The second-order valence-electron chi connectivity index (χ2n) is 7.24. The smallest absolute Gasteiger partial charge is 0.408 e. The first kappa shape index (κ1) is 18.4. The number of nitrogens with zero attached hydrogens (tertiary/aromatic N) is 1. The van der Waals surface area contributed by atoms with Crippen LogP contribution in [-0.2, 0) is 15.1 Å². The largest absolute Gasteiger partial charge is 0.444 e. The average molecular weight is 374 g/mol. The van der Waals surface area contributed by atoms with Gasteiger partial charge in [-0.3, -0.25) is 4.79 Å². The Hall–Kier alpha value is -2.38. The van der Waals surface area contributed by atoms with E-state index in [1.165, 1.54) is 16.2 Å². The molecule has 0 aliphatic carbocycles. The highest BCUT2D eigenvalue weighted by molar-refractivity contribution is 7.10. The van der Waals surface area contributed by atoms with Crippen molar-refractivity contribution in [3.8, 4) is 0 Å². The van der Waals surface area contributed by atoms with Gasteiger partial charge < -0.3 is 20.1 Å². The van der Waals surface area contributed by atoms with Gasteiger partial charge in [-0.05, 0) is 37.8 Å². The van der Waals surface area contributed by atoms with Crippen LogP contribution in [-0.4, -0.2) is 35.8 Å². The van der Waals surface area contributed by atoms with E-state index in [0.717, 1.165) is 0 Å². The van der Waals surface area contributed by atoms with Crippen molar-refractivity contribution in [1.29, 1.82) is 0 Å². The first-order valence-corrected chi connectivity index (χ1v) is 9.15. The predicted octanol–water partition coefficient (Wildman–Crippen LogP) is 2.85. The summed E-state index contributed by atoms with van der Waals surface area (Å²) in [6, 6.07) is 9.47. The fourth-order valence-electron chi connectivity index (χ4n) is 3.06. The summed E-state index contributed by atoms with van der Waals surface area (Å²) in [5.74, 6) is -0.409. The van der Waals surface area contributed by atoms with Crippen LogP contribution in [0.25, 0.3) is 0 Å². The maximum absolute atomic E-state index is 13.0. The molecule has 1 aliphatic rings. The molecule has 1 aromatic heterocycles. The van der Waals surface area contributed by atoms with Crippen molar-refractivity contribution in [2.45, 2.75) is 38.0 Å². The average Bonchev–Trinajstić information content (AvgIpc) is 3.06. The summed E-state index contributed by atoms with van der Waals surface area (Å²) < 4.78 is 5.29. The fourth-order valence-corrected chi connectivity index (χ4v) is 4.13. The third kappa shape index (κ3) is 3.08. The third-order valence-electron chi connectivity index (χ3n) is 4.22. The molecule has 6 nitrogen and oxygen atoms in total. The number of anilines is 1. The molecule has 1 aromatic carbocycles. The van der Waals surface area contributed by atoms with Crippen molar-refractivity contribution in [1.82, 2.24) is 5.32 Å². The minimum absolute atomic E-state index is 0.409. The molecule has 2 amide bonds. The van der Waals surface area contributed by atoms with Crippen molar-refractivity contribution in [3.63, 3.8) is 0 Å². The molecule has 2 N–H and O–H groups in total. The number of fused-ring (bicyclic) bond motifs is 1. The standard InChI is InChI=1S/C19H22N2O4S/c1-18(2,3)25-17(23)20-14-16(22)21(4)13-10-11-26-15(13)19(14,24)12-8-6-5-7-9-12/h5-11,14,24H,1-4H3,(H,20,23). The first-order chi connectivity index (χ1) is 12.1. The van der Waals surface area contributed by atoms with Crippen molar-refractivity contribution in [2.75, 3.05) is 11.9 Å². The molecule has 0 bridgehead atoms. The number of hydrogen-bond acceptors (Lipinski definition) is 5. The number of amides is 2. The summed E-state index contributed by atoms with van der Waals surface area (Å²) in [4.78, 5) is 27.4. The number of carbonyl (C=O) groups is 2. The number of rotatable bonds is 2. The molecule has 2 heterocycles. The summed E-state index contributed by atoms with van der Waals surface area (Å²) in [5.41, 5.74) is -1.22. The van der Waals surface area contributed by atoms with E-state index in [0.29, 0.717) is 16.1 Å². The van der Waals surface area contributed by atoms with E-state index in [1.807, 2.05) is 11.4 Å². The monoisotopic (exact) mass is 374 g/mol. The zero-order chi connectivity index (χ0) is 19.1. The number of nitrogens with one attached hydrogen (secondary N) is 1. The molecular weight excluding hydrogens is 352 g/mol. The molecule has 2 unspecified atom stereocenters. The Morgan fingerprint density at radius 3 is 2.54 bits per heavy atom. The number of benzene rings is 1. The van der Waals surface area contributed by atoms with Crippen molar-refractivity contribution >= 4 is 29.0 Å². The van der Waals surface area contributed by atoms with E-state index < -0.39 is 29.2 Å². The summed E-state index contributed by atoms with van der Waals surface area (Å²) >= 11 is 1.34. The zero-order valence-electron chi connectivity index (χ0n) is 15.1. The van der Waals surface area contributed by atoms with Crippen molar-refractivity contribution in [3.05, 3.63) is 52.2 Å². The van der Waals surface area contributed by atoms with Crippen LogP contribution in [0.4, 0.5) is 10.5 Å². The number of carbonyl (C=O) groups excluding carboxylic acids is 2.